The molecule has 5 rings (SSSR count). The van der Waals surface area contributed by atoms with Gasteiger partial charge in [-0.3, -0.25) is 0 Å². The highest BCUT2D eigenvalue weighted by atomic mass is 79.9. The third-order valence-corrected chi connectivity index (χ3v) is 7.26. The molecule has 1 aromatic heterocycles. The van der Waals surface area contributed by atoms with Gasteiger partial charge in [0.1, 0.15) is 0 Å². The zero-order chi connectivity index (χ0) is 19.7. The minimum atomic E-state index is 0.208. The topological polar surface area (TPSA) is 4.93 Å². The quantitative estimate of drug-likeness (QED) is 0.288. The summed E-state index contributed by atoms with van der Waals surface area (Å²) >= 11 is 3.58. The van der Waals surface area contributed by atoms with Gasteiger partial charge in [-0.25, -0.2) is 0 Å². The van der Waals surface area contributed by atoms with E-state index in [0.29, 0.717) is 0 Å². The molecule has 1 aliphatic carbocycles. The number of hydrogen-bond acceptors (Lipinski definition) is 0. The van der Waals surface area contributed by atoms with Crippen LogP contribution in [0.5, 0.6) is 0 Å². The first-order valence-electron chi connectivity index (χ1n) is 10.1. The van der Waals surface area contributed by atoms with Gasteiger partial charge in [-0.05, 0) is 77.3 Å². The summed E-state index contributed by atoms with van der Waals surface area (Å²) in [7, 11) is 0. The molecule has 0 aliphatic heterocycles. The smallest absolute Gasteiger partial charge is 0.0544 e. The van der Waals surface area contributed by atoms with Crippen LogP contribution in [0, 0.1) is 0 Å². The van der Waals surface area contributed by atoms with E-state index in [2.05, 4.69) is 109 Å². The molecule has 142 valence electrons. The lowest BCUT2D eigenvalue weighted by atomic mass is 9.63. The predicted molar refractivity (Wildman–Crippen MR) is 124 cm³/mol. The van der Waals surface area contributed by atoms with E-state index in [9.17, 15) is 0 Å². The molecule has 0 amide bonds. The Hall–Kier alpha value is -2.06. The largest absolute Gasteiger partial charge is 0.309 e. The highest BCUT2D eigenvalue weighted by Gasteiger charge is 2.37. The Balaban J connectivity index is 1.93. The molecule has 0 bridgehead atoms. The molecular weight excluding hydrogens is 406 g/mol. The van der Waals surface area contributed by atoms with Gasteiger partial charge in [-0.1, -0.05) is 61.8 Å². The number of benzene rings is 3. The van der Waals surface area contributed by atoms with Gasteiger partial charge in [0.05, 0.1) is 11.0 Å². The molecule has 0 unspecified atom stereocenters. The first-order valence-corrected chi connectivity index (χ1v) is 10.9. The summed E-state index contributed by atoms with van der Waals surface area (Å²) in [4.78, 5) is 0. The van der Waals surface area contributed by atoms with E-state index in [1.54, 1.807) is 0 Å². The molecule has 0 saturated heterocycles. The SMILES string of the molecule is CC1(C)CCC(C)(C)c2cc3c(cc21)c1ccccc1n3-c1ccc(Br)cc1. The average molecular weight is 432 g/mol. The van der Waals surface area contributed by atoms with Crippen LogP contribution in [0.2, 0.25) is 0 Å². The van der Waals surface area contributed by atoms with Crippen molar-refractivity contribution < 1.29 is 0 Å². The number of rotatable bonds is 1. The van der Waals surface area contributed by atoms with Crippen LogP contribution in [0.4, 0.5) is 0 Å². The second kappa shape index (κ2) is 5.97. The molecule has 0 spiro atoms. The Morgan fingerprint density at radius 3 is 2.00 bits per heavy atom. The summed E-state index contributed by atoms with van der Waals surface area (Å²) in [6.07, 6.45) is 2.47. The fourth-order valence-corrected chi connectivity index (χ4v) is 5.16. The van der Waals surface area contributed by atoms with Crippen LogP contribution in [0.3, 0.4) is 0 Å². The highest BCUT2D eigenvalue weighted by molar-refractivity contribution is 9.10. The van der Waals surface area contributed by atoms with Crippen molar-refractivity contribution >= 4 is 37.7 Å². The molecule has 3 aromatic carbocycles. The van der Waals surface area contributed by atoms with E-state index in [4.69, 9.17) is 0 Å². The lowest BCUT2D eigenvalue weighted by Gasteiger charge is -2.42. The standard InChI is InChI=1S/C26H26BrN/c1-25(2)13-14-26(3,4)22-16-24-20(15-21(22)25)19-7-5-6-8-23(19)28(24)18-11-9-17(27)10-12-18/h5-12,15-16H,13-14H2,1-4H3. The predicted octanol–water partition coefficient (Wildman–Crippen LogP) is 7.90. The maximum atomic E-state index is 3.58. The molecule has 0 fully saturated rings. The van der Waals surface area contributed by atoms with E-state index < -0.39 is 0 Å². The van der Waals surface area contributed by atoms with Crippen molar-refractivity contribution in [3.05, 3.63) is 76.3 Å². The number of halogens is 1. The number of hydrogen-bond donors (Lipinski definition) is 0. The maximum Gasteiger partial charge on any atom is 0.0544 e. The molecule has 2 heteroatoms. The van der Waals surface area contributed by atoms with Crippen molar-refractivity contribution in [3.63, 3.8) is 0 Å². The molecule has 0 saturated carbocycles. The van der Waals surface area contributed by atoms with Crippen molar-refractivity contribution in [2.24, 2.45) is 0 Å². The van der Waals surface area contributed by atoms with E-state index in [1.165, 1.54) is 51.5 Å². The summed E-state index contributed by atoms with van der Waals surface area (Å²) in [6.45, 7) is 9.61. The van der Waals surface area contributed by atoms with Gasteiger partial charge in [-0.15, -0.1) is 0 Å². The van der Waals surface area contributed by atoms with Crippen molar-refractivity contribution in [3.8, 4) is 5.69 Å². The number of para-hydroxylation sites is 1. The Bertz CT molecular complexity index is 1210. The summed E-state index contributed by atoms with van der Waals surface area (Å²) in [5.74, 6) is 0. The lowest BCUT2D eigenvalue weighted by Crippen LogP contribution is -2.33. The summed E-state index contributed by atoms with van der Waals surface area (Å²) in [5.41, 5.74) is 7.26. The molecule has 28 heavy (non-hydrogen) atoms. The van der Waals surface area contributed by atoms with Gasteiger partial charge in [0.25, 0.3) is 0 Å². The fraction of sp³-hybridized carbons (Fsp3) is 0.308. The van der Waals surface area contributed by atoms with Gasteiger partial charge >= 0.3 is 0 Å². The molecule has 4 aromatic rings. The van der Waals surface area contributed by atoms with E-state index in [0.717, 1.165) is 4.47 Å². The van der Waals surface area contributed by atoms with Gasteiger partial charge in [0.15, 0.2) is 0 Å². The summed E-state index contributed by atoms with van der Waals surface area (Å²) < 4.78 is 3.53. The van der Waals surface area contributed by atoms with Gasteiger partial charge < -0.3 is 4.57 Å². The van der Waals surface area contributed by atoms with E-state index >= 15 is 0 Å². The van der Waals surface area contributed by atoms with Crippen molar-refractivity contribution in [1.29, 1.82) is 0 Å². The second-order valence-corrected chi connectivity index (χ2v) is 10.4. The minimum Gasteiger partial charge on any atom is -0.309 e. The van der Waals surface area contributed by atoms with Crippen LogP contribution in [0.15, 0.2) is 65.1 Å². The molecule has 1 aliphatic rings. The average Bonchev–Trinajstić information content (AvgIpc) is 2.99. The van der Waals surface area contributed by atoms with Crippen molar-refractivity contribution in [1.82, 2.24) is 4.57 Å². The molecule has 0 atom stereocenters. The molecule has 1 nitrogen and oxygen atoms in total. The third-order valence-electron chi connectivity index (χ3n) is 6.73. The number of fused-ring (bicyclic) bond motifs is 4. The van der Waals surface area contributed by atoms with Crippen molar-refractivity contribution in [2.45, 2.75) is 51.4 Å². The molecule has 0 N–H and O–H groups in total. The number of nitrogens with zero attached hydrogens (tertiary/aromatic N) is 1. The Morgan fingerprint density at radius 1 is 0.714 bits per heavy atom. The van der Waals surface area contributed by atoms with E-state index in [1.807, 2.05) is 0 Å². The zero-order valence-corrected chi connectivity index (χ0v) is 18.6. The van der Waals surface area contributed by atoms with Crippen LogP contribution < -0.4 is 0 Å². The fourth-order valence-electron chi connectivity index (χ4n) is 4.90. The van der Waals surface area contributed by atoms with E-state index in [-0.39, 0.29) is 10.8 Å². The second-order valence-electron chi connectivity index (χ2n) is 9.51. The first kappa shape index (κ1) is 18.0. The minimum absolute atomic E-state index is 0.208. The first-order chi connectivity index (χ1) is 13.3. The Labute approximate surface area is 175 Å². The number of aromatic nitrogens is 1. The zero-order valence-electron chi connectivity index (χ0n) is 17.0. The maximum absolute atomic E-state index is 3.58. The lowest BCUT2D eigenvalue weighted by molar-refractivity contribution is 0.332. The third kappa shape index (κ3) is 2.58. The van der Waals surface area contributed by atoms with Gasteiger partial charge in [0, 0.05) is 20.9 Å². The van der Waals surface area contributed by atoms with Gasteiger partial charge in [-0.2, -0.15) is 0 Å². The Morgan fingerprint density at radius 2 is 1.32 bits per heavy atom. The van der Waals surface area contributed by atoms with Crippen LogP contribution in [-0.2, 0) is 10.8 Å². The van der Waals surface area contributed by atoms with Crippen LogP contribution in [-0.4, -0.2) is 4.57 Å². The van der Waals surface area contributed by atoms with Crippen LogP contribution >= 0.6 is 15.9 Å². The summed E-state index contributed by atoms with van der Waals surface area (Å²) in [5, 5.41) is 2.70. The summed E-state index contributed by atoms with van der Waals surface area (Å²) in [6, 6.07) is 22.4. The molecule has 0 radical (unpaired) electrons. The van der Waals surface area contributed by atoms with Crippen molar-refractivity contribution in [2.75, 3.05) is 0 Å². The highest BCUT2D eigenvalue weighted by Crippen LogP contribution is 2.48. The van der Waals surface area contributed by atoms with Crippen LogP contribution in [0.1, 0.15) is 51.7 Å². The molecular formula is C26H26BrN. The van der Waals surface area contributed by atoms with Gasteiger partial charge in [0.2, 0.25) is 0 Å². The molecule has 1 heterocycles. The van der Waals surface area contributed by atoms with Crippen LogP contribution in [0.25, 0.3) is 27.5 Å². The monoisotopic (exact) mass is 431 g/mol. The normalized spacial score (nSPS) is 17.8. The Kier molecular flexibility index (Phi) is 3.84.